The Bertz CT molecular complexity index is 1530. The molecule has 2 aliphatic carbocycles. The van der Waals surface area contributed by atoms with E-state index in [-0.39, 0.29) is 61.5 Å². The first kappa shape index (κ1) is 36.1. The number of phenolic OH excluding ortho intramolecular Hbond substituents is 1. The number of aliphatic hydroxyl groups excluding tert-OH is 2. The summed E-state index contributed by atoms with van der Waals surface area (Å²) in [6.45, 7) is 2.59. The third kappa shape index (κ3) is 7.68. The average Bonchev–Trinajstić information content (AvgIpc) is 3.09. The molecular weight excluding hydrogens is 632 g/mol. The molecule has 13 nitrogen and oxygen atoms in total. The monoisotopic (exact) mass is 680 g/mol. The molecule has 266 valence electrons. The van der Waals surface area contributed by atoms with Gasteiger partial charge in [0.25, 0.3) is 5.69 Å². The van der Waals surface area contributed by atoms with Crippen molar-refractivity contribution in [3.05, 3.63) is 75.4 Å². The summed E-state index contributed by atoms with van der Waals surface area (Å²) in [5.74, 6) is -2.38. The molecule has 2 aromatic carbocycles. The van der Waals surface area contributed by atoms with E-state index in [0.29, 0.717) is 36.4 Å². The highest BCUT2D eigenvalue weighted by Crippen LogP contribution is 2.60. The van der Waals surface area contributed by atoms with E-state index in [2.05, 4.69) is 16.5 Å². The van der Waals surface area contributed by atoms with E-state index in [1.807, 2.05) is 6.92 Å². The van der Waals surface area contributed by atoms with Crippen molar-refractivity contribution in [2.75, 3.05) is 26.8 Å². The Morgan fingerprint density at radius 1 is 1.12 bits per heavy atom. The predicted octanol–water partition coefficient (Wildman–Crippen LogP) is 4.98. The number of amides is 2. The Kier molecular flexibility index (Phi) is 11.8. The number of carbonyl (C=O) groups is 1. The quantitative estimate of drug-likeness (QED) is 0.0983. The number of oxime groups is 1. The largest absolute Gasteiger partial charge is 0.508 e. The standard InChI is InChI=1S/C36H48N4O9/c1-3-16-37-35(44)39(2)32-21-30(38-48-22-23-10-12-25(13-11-23)40(46)47)28-19-24(8-4-6-17-41)27(9-5-7-18-42)33-29-20-26(43)14-15-31(29)49-36(32,45)34(28)33/h10-15,19-20,24,27,32-34,41-43,45H,3-9,16-18,21-22H2,1-2H3,(H,37,44)/t24-,27+,32-,33+,34+,36+/m0/s1. The molecule has 5 N–H and O–H groups in total. The summed E-state index contributed by atoms with van der Waals surface area (Å²) < 4.78 is 6.52. The molecule has 2 amide bonds. The molecule has 0 bridgehead atoms. The van der Waals surface area contributed by atoms with Gasteiger partial charge in [-0.2, -0.15) is 0 Å². The summed E-state index contributed by atoms with van der Waals surface area (Å²) >= 11 is 0. The number of aliphatic hydroxyl groups is 3. The van der Waals surface area contributed by atoms with Crippen LogP contribution in [-0.4, -0.2) is 80.6 Å². The number of hydrogen-bond acceptors (Lipinski definition) is 10. The fraction of sp³-hybridized carbons (Fsp3) is 0.556. The molecule has 0 saturated heterocycles. The maximum atomic E-state index is 13.4. The van der Waals surface area contributed by atoms with Gasteiger partial charge in [-0.05, 0) is 85.4 Å². The van der Waals surface area contributed by atoms with Gasteiger partial charge in [0, 0.05) is 56.8 Å². The molecule has 0 radical (unpaired) electrons. The summed E-state index contributed by atoms with van der Waals surface area (Å²) in [7, 11) is 1.63. The highest BCUT2D eigenvalue weighted by atomic mass is 16.6. The summed E-state index contributed by atoms with van der Waals surface area (Å²) in [4.78, 5) is 31.4. The number of allylic oxidation sites excluding steroid dienone is 1. The minimum absolute atomic E-state index is 0.0149. The summed E-state index contributed by atoms with van der Waals surface area (Å²) in [6.07, 6.45) is 7.28. The van der Waals surface area contributed by atoms with Gasteiger partial charge in [0.1, 0.15) is 24.1 Å². The second-order valence-corrected chi connectivity index (χ2v) is 13.3. The van der Waals surface area contributed by atoms with Crippen LogP contribution in [-0.2, 0) is 11.4 Å². The van der Waals surface area contributed by atoms with Crippen molar-refractivity contribution in [2.24, 2.45) is 22.9 Å². The van der Waals surface area contributed by atoms with E-state index in [4.69, 9.17) is 9.57 Å². The van der Waals surface area contributed by atoms with Crippen molar-refractivity contribution >= 4 is 17.4 Å². The van der Waals surface area contributed by atoms with Gasteiger partial charge in [-0.1, -0.05) is 31.0 Å². The SMILES string of the molecule is CCCNC(=O)N(C)[C@H]1CC(=NOCc2ccc([N+](=O)[O-])cc2)C2=C[C@H](CCCCO)[C@@H](CCCCO)[C@@H]3c4cc(O)ccc4O[C@@]1(O)[C@H]23. The van der Waals surface area contributed by atoms with Gasteiger partial charge < -0.3 is 40.2 Å². The minimum atomic E-state index is -1.86. The van der Waals surface area contributed by atoms with E-state index in [9.17, 15) is 35.3 Å². The molecule has 6 atom stereocenters. The lowest BCUT2D eigenvalue weighted by Gasteiger charge is -2.58. The number of phenols is 1. The van der Waals surface area contributed by atoms with Gasteiger partial charge in [-0.3, -0.25) is 10.1 Å². The fourth-order valence-corrected chi connectivity index (χ4v) is 7.76. The van der Waals surface area contributed by atoms with Gasteiger partial charge in [-0.25, -0.2) is 4.79 Å². The van der Waals surface area contributed by atoms with Crippen LogP contribution >= 0.6 is 0 Å². The number of ether oxygens (including phenoxy) is 1. The number of urea groups is 1. The smallest absolute Gasteiger partial charge is 0.317 e. The van der Waals surface area contributed by atoms with E-state index in [1.54, 1.807) is 31.3 Å². The van der Waals surface area contributed by atoms with Crippen LogP contribution in [0.1, 0.15) is 75.3 Å². The maximum absolute atomic E-state index is 13.4. The fourth-order valence-electron chi connectivity index (χ4n) is 7.76. The molecule has 1 fully saturated rings. The number of likely N-dealkylation sites (N-methyl/N-ethyl adjacent to an activating group) is 1. The minimum Gasteiger partial charge on any atom is -0.508 e. The number of rotatable bonds is 15. The van der Waals surface area contributed by atoms with Gasteiger partial charge in [0.05, 0.1) is 16.6 Å². The molecule has 49 heavy (non-hydrogen) atoms. The summed E-state index contributed by atoms with van der Waals surface area (Å²) in [5.41, 5.74) is 2.70. The van der Waals surface area contributed by atoms with E-state index in [0.717, 1.165) is 43.2 Å². The Morgan fingerprint density at radius 2 is 1.84 bits per heavy atom. The normalized spacial score (nSPS) is 26.2. The Labute approximate surface area is 286 Å². The zero-order valence-corrected chi connectivity index (χ0v) is 28.2. The van der Waals surface area contributed by atoms with Crippen LogP contribution in [0.4, 0.5) is 10.5 Å². The number of nitrogens with zero attached hydrogens (tertiary/aromatic N) is 3. The summed E-state index contributed by atoms with van der Waals surface area (Å²) in [5, 5.41) is 61.3. The van der Waals surface area contributed by atoms with Crippen molar-refractivity contribution in [1.29, 1.82) is 0 Å². The molecule has 1 saturated carbocycles. The zero-order valence-electron chi connectivity index (χ0n) is 28.2. The van der Waals surface area contributed by atoms with Crippen LogP contribution in [0.2, 0.25) is 0 Å². The van der Waals surface area contributed by atoms with Crippen molar-refractivity contribution < 1.29 is 39.7 Å². The molecule has 13 heteroatoms. The maximum Gasteiger partial charge on any atom is 0.317 e. The number of nitro groups is 1. The zero-order chi connectivity index (χ0) is 35.1. The number of fused-ring (bicyclic) bond motifs is 2. The molecule has 5 rings (SSSR count). The molecular formula is C36H48N4O9. The van der Waals surface area contributed by atoms with Gasteiger partial charge in [0.2, 0.25) is 5.79 Å². The van der Waals surface area contributed by atoms with E-state index < -0.39 is 22.7 Å². The molecule has 0 spiro atoms. The summed E-state index contributed by atoms with van der Waals surface area (Å²) in [6, 6.07) is 9.65. The van der Waals surface area contributed by atoms with Gasteiger partial charge in [-0.15, -0.1) is 0 Å². The van der Waals surface area contributed by atoms with Crippen LogP contribution in [0, 0.1) is 27.9 Å². The highest BCUT2D eigenvalue weighted by molar-refractivity contribution is 6.03. The van der Waals surface area contributed by atoms with Crippen molar-refractivity contribution in [2.45, 2.75) is 82.6 Å². The third-order valence-corrected chi connectivity index (χ3v) is 10.1. The molecule has 2 aromatic rings. The van der Waals surface area contributed by atoms with Crippen LogP contribution < -0.4 is 10.1 Å². The van der Waals surface area contributed by atoms with Crippen molar-refractivity contribution in [3.8, 4) is 11.5 Å². The number of carbonyl (C=O) groups excluding carboxylic acids is 1. The number of unbranched alkanes of at least 4 members (excludes halogenated alkanes) is 2. The van der Waals surface area contributed by atoms with E-state index in [1.165, 1.54) is 23.1 Å². The molecule has 0 unspecified atom stereocenters. The number of aromatic hydroxyl groups is 1. The second-order valence-electron chi connectivity index (χ2n) is 13.3. The molecule has 1 aliphatic heterocycles. The van der Waals surface area contributed by atoms with Crippen LogP contribution in [0.5, 0.6) is 11.5 Å². The topological polar surface area (TPSA) is 187 Å². The number of hydrogen-bond donors (Lipinski definition) is 5. The lowest BCUT2D eigenvalue weighted by Crippen LogP contribution is -2.69. The van der Waals surface area contributed by atoms with Crippen molar-refractivity contribution in [3.63, 3.8) is 0 Å². The number of nitrogens with one attached hydrogen (secondary N) is 1. The molecule has 3 aliphatic rings. The first-order valence-electron chi connectivity index (χ1n) is 17.2. The highest BCUT2D eigenvalue weighted by Gasteiger charge is 2.63. The third-order valence-electron chi connectivity index (χ3n) is 10.1. The predicted molar refractivity (Wildman–Crippen MR) is 182 cm³/mol. The van der Waals surface area contributed by atoms with Gasteiger partial charge >= 0.3 is 6.03 Å². The van der Waals surface area contributed by atoms with Gasteiger partial charge in [0.15, 0.2) is 0 Å². The molecule has 0 aromatic heterocycles. The number of non-ortho nitro benzene ring substituents is 1. The van der Waals surface area contributed by atoms with Crippen LogP contribution in [0.15, 0.2) is 59.3 Å². The Morgan fingerprint density at radius 3 is 2.51 bits per heavy atom. The lowest BCUT2D eigenvalue weighted by molar-refractivity contribution is -0.384. The average molecular weight is 681 g/mol. The Balaban J connectivity index is 1.62. The van der Waals surface area contributed by atoms with Crippen LogP contribution in [0.3, 0.4) is 0 Å². The Hall–Kier alpha value is -4.20. The molecule has 1 heterocycles. The van der Waals surface area contributed by atoms with Crippen LogP contribution in [0.25, 0.3) is 0 Å². The first-order chi connectivity index (χ1) is 23.6. The number of nitro benzene ring substituents is 1. The second kappa shape index (κ2) is 16.0. The van der Waals surface area contributed by atoms with Crippen molar-refractivity contribution in [1.82, 2.24) is 10.2 Å². The first-order valence-corrected chi connectivity index (χ1v) is 17.2. The van der Waals surface area contributed by atoms with E-state index >= 15 is 0 Å². The lowest BCUT2D eigenvalue weighted by atomic mass is 9.55. The number of benzene rings is 2.